The zero-order valence-corrected chi connectivity index (χ0v) is 10.9. The molecule has 0 radical (unpaired) electrons. The summed E-state index contributed by atoms with van der Waals surface area (Å²) in [5.41, 5.74) is 0. The molecule has 3 fully saturated rings. The monoisotopic (exact) mass is 222 g/mol. The van der Waals surface area contributed by atoms with Gasteiger partial charge in [0.1, 0.15) is 0 Å². The highest BCUT2D eigenvalue weighted by molar-refractivity contribution is 5.02. The lowest BCUT2D eigenvalue weighted by molar-refractivity contribution is -0.0692. The molecular formula is C14H26N2. The first-order chi connectivity index (χ1) is 7.79. The Hall–Kier alpha value is -0.0800. The molecule has 0 bridgehead atoms. The minimum Gasteiger partial charge on any atom is -0.297 e. The first kappa shape index (κ1) is 11.0. The van der Waals surface area contributed by atoms with Crippen molar-refractivity contribution in [3.63, 3.8) is 0 Å². The third-order valence-electron chi connectivity index (χ3n) is 5.48. The van der Waals surface area contributed by atoms with E-state index in [-0.39, 0.29) is 0 Å². The molecule has 1 saturated heterocycles. The van der Waals surface area contributed by atoms with Crippen molar-refractivity contribution in [2.75, 3.05) is 14.1 Å². The Balaban J connectivity index is 1.83. The molecule has 2 aliphatic carbocycles. The number of piperazine rings is 1. The summed E-state index contributed by atoms with van der Waals surface area (Å²) < 4.78 is 0. The SMILES string of the molecule is CN1[C@@H]2CCCC[C@@H]2N(C)[C@H]2CCCC[C@H]21. The van der Waals surface area contributed by atoms with Gasteiger partial charge in [-0.05, 0) is 39.8 Å². The number of rotatable bonds is 0. The summed E-state index contributed by atoms with van der Waals surface area (Å²) in [5, 5.41) is 0. The third-order valence-corrected chi connectivity index (χ3v) is 5.48. The van der Waals surface area contributed by atoms with Gasteiger partial charge in [-0.2, -0.15) is 0 Å². The summed E-state index contributed by atoms with van der Waals surface area (Å²) in [7, 11) is 4.80. The van der Waals surface area contributed by atoms with Crippen LogP contribution in [0.3, 0.4) is 0 Å². The fourth-order valence-electron chi connectivity index (χ4n) is 4.58. The van der Waals surface area contributed by atoms with Crippen LogP contribution in [0.1, 0.15) is 51.4 Å². The van der Waals surface area contributed by atoms with Gasteiger partial charge in [0.25, 0.3) is 0 Å². The van der Waals surface area contributed by atoms with Crippen molar-refractivity contribution >= 4 is 0 Å². The molecule has 0 unspecified atom stereocenters. The van der Waals surface area contributed by atoms with Crippen molar-refractivity contribution in [3.8, 4) is 0 Å². The van der Waals surface area contributed by atoms with Crippen LogP contribution in [-0.2, 0) is 0 Å². The Morgan fingerprint density at radius 1 is 0.562 bits per heavy atom. The van der Waals surface area contributed by atoms with Gasteiger partial charge >= 0.3 is 0 Å². The minimum absolute atomic E-state index is 0.859. The number of nitrogens with zero attached hydrogens (tertiary/aromatic N) is 2. The van der Waals surface area contributed by atoms with E-state index in [1.807, 2.05) is 0 Å². The summed E-state index contributed by atoms with van der Waals surface area (Å²) in [6.07, 6.45) is 11.6. The fourth-order valence-corrected chi connectivity index (χ4v) is 4.58. The molecule has 92 valence electrons. The van der Waals surface area contributed by atoms with Crippen molar-refractivity contribution in [3.05, 3.63) is 0 Å². The zero-order chi connectivity index (χ0) is 11.1. The molecule has 0 N–H and O–H groups in total. The summed E-state index contributed by atoms with van der Waals surface area (Å²) >= 11 is 0. The molecule has 3 aliphatic rings. The molecule has 2 nitrogen and oxygen atoms in total. The van der Waals surface area contributed by atoms with Crippen molar-refractivity contribution in [2.45, 2.75) is 75.5 Å². The Morgan fingerprint density at radius 2 is 0.812 bits per heavy atom. The topological polar surface area (TPSA) is 6.48 Å². The van der Waals surface area contributed by atoms with Gasteiger partial charge in [-0.3, -0.25) is 9.80 Å². The van der Waals surface area contributed by atoms with E-state index < -0.39 is 0 Å². The van der Waals surface area contributed by atoms with Gasteiger partial charge in [0.05, 0.1) is 0 Å². The molecule has 2 saturated carbocycles. The largest absolute Gasteiger partial charge is 0.297 e. The molecule has 4 atom stereocenters. The van der Waals surface area contributed by atoms with Crippen LogP contribution in [0.15, 0.2) is 0 Å². The summed E-state index contributed by atoms with van der Waals surface area (Å²) in [6, 6.07) is 3.44. The van der Waals surface area contributed by atoms with E-state index in [0.29, 0.717) is 0 Å². The number of likely N-dealkylation sites (N-methyl/N-ethyl adjacent to an activating group) is 2. The third kappa shape index (κ3) is 1.62. The number of hydrogen-bond acceptors (Lipinski definition) is 2. The first-order valence-electron chi connectivity index (χ1n) is 7.23. The highest BCUT2D eigenvalue weighted by Crippen LogP contribution is 2.38. The second-order valence-corrected chi connectivity index (χ2v) is 6.17. The summed E-state index contributed by atoms with van der Waals surface area (Å²) in [4.78, 5) is 5.52. The Morgan fingerprint density at radius 3 is 1.06 bits per heavy atom. The normalized spacial score (nSPS) is 46.1. The predicted octanol–water partition coefficient (Wildman–Crippen LogP) is 2.49. The lowest BCUT2D eigenvalue weighted by Crippen LogP contribution is -2.67. The molecule has 0 aromatic carbocycles. The van der Waals surface area contributed by atoms with Crippen LogP contribution in [0.2, 0.25) is 0 Å². The van der Waals surface area contributed by atoms with Gasteiger partial charge in [-0.1, -0.05) is 25.7 Å². The van der Waals surface area contributed by atoms with Crippen LogP contribution in [0, 0.1) is 0 Å². The zero-order valence-electron chi connectivity index (χ0n) is 10.9. The molecule has 0 aromatic heterocycles. The first-order valence-corrected chi connectivity index (χ1v) is 7.23. The van der Waals surface area contributed by atoms with Crippen molar-refractivity contribution in [1.29, 1.82) is 0 Å². The quantitative estimate of drug-likeness (QED) is 0.621. The van der Waals surface area contributed by atoms with E-state index in [1.54, 1.807) is 0 Å². The lowest BCUT2D eigenvalue weighted by Gasteiger charge is -2.57. The number of hydrogen-bond donors (Lipinski definition) is 0. The van der Waals surface area contributed by atoms with Crippen molar-refractivity contribution in [1.82, 2.24) is 9.80 Å². The minimum atomic E-state index is 0.859. The second kappa shape index (κ2) is 4.30. The smallest absolute Gasteiger partial charge is 0.0252 e. The molecule has 1 aliphatic heterocycles. The van der Waals surface area contributed by atoms with Gasteiger partial charge in [0, 0.05) is 24.2 Å². The average molecular weight is 222 g/mol. The maximum Gasteiger partial charge on any atom is 0.0252 e. The molecule has 0 amide bonds. The molecule has 2 heteroatoms. The van der Waals surface area contributed by atoms with E-state index in [4.69, 9.17) is 0 Å². The van der Waals surface area contributed by atoms with Crippen LogP contribution >= 0.6 is 0 Å². The van der Waals surface area contributed by atoms with E-state index in [2.05, 4.69) is 23.9 Å². The van der Waals surface area contributed by atoms with Crippen molar-refractivity contribution < 1.29 is 0 Å². The van der Waals surface area contributed by atoms with E-state index in [1.165, 1.54) is 51.4 Å². The van der Waals surface area contributed by atoms with Gasteiger partial charge in [-0.15, -0.1) is 0 Å². The molecule has 1 heterocycles. The van der Waals surface area contributed by atoms with Gasteiger partial charge in [0.2, 0.25) is 0 Å². The van der Waals surface area contributed by atoms with E-state index in [9.17, 15) is 0 Å². The van der Waals surface area contributed by atoms with Gasteiger partial charge < -0.3 is 0 Å². The fraction of sp³-hybridized carbons (Fsp3) is 1.00. The Kier molecular flexibility index (Phi) is 2.97. The Labute approximate surface area is 100.0 Å². The standard InChI is InChI=1S/C14H26N2/c1-15-11-7-3-5-9-13(11)16(2)14-10-6-4-8-12(14)15/h11-14H,3-10H2,1-2H3/t11-,12-,13+,14+. The highest BCUT2D eigenvalue weighted by Gasteiger charge is 2.45. The average Bonchev–Trinajstić information content (AvgIpc) is 2.36. The van der Waals surface area contributed by atoms with Crippen LogP contribution in [0.25, 0.3) is 0 Å². The van der Waals surface area contributed by atoms with E-state index in [0.717, 1.165) is 24.2 Å². The van der Waals surface area contributed by atoms with Crippen LogP contribution < -0.4 is 0 Å². The predicted molar refractivity (Wildman–Crippen MR) is 67.6 cm³/mol. The van der Waals surface area contributed by atoms with Crippen molar-refractivity contribution in [2.24, 2.45) is 0 Å². The maximum atomic E-state index is 2.76. The molecule has 16 heavy (non-hydrogen) atoms. The molecule has 0 spiro atoms. The number of fused-ring (bicyclic) bond motifs is 2. The summed E-state index contributed by atoms with van der Waals surface area (Å²) in [6.45, 7) is 0. The van der Waals surface area contributed by atoms with Gasteiger partial charge in [0.15, 0.2) is 0 Å². The molecular weight excluding hydrogens is 196 g/mol. The second-order valence-electron chi connectivity index (χ2n) is 6.17. The summed E-state index contributed by atoms with van der Waals surface area (Å²) in [5.74, 6) is 0. The van der Waals surface area contributed by atoms with Crippen LogP contribution in [-0.4, -0.2) is 48.1 Å². The van der Waals surface area contributed by atoms with Gasteiger partial charge in [-0.25, -0.2) is 0 Å². The highest BCUT2D eigenvalue weighted by atomic mass is 15.3. The molecule has 0 aromatic rings. The van der Waals surface area contributed by atoms with Crippen LogP contribution in [0.5, 0.6) is 0 Å². The molecule has 3 rings (SSSR count). The maximum absolute atomic E-state index is 2.76. The lowest BCUT2D eigenvalue weighted by atomic mass is 9.78. The Bertz CT molecular complexity index is 203. The van der Waals surface area contributed by atoms with Crippen LogP contribution in [0.4, 0.5) is 0 Å². The van der Waals surface area contributed by atoms with E-state index >= 15 is 0 Å².